The van der Waals surface area contributed by atoms with Gasteiger partial charge in [-0.1, -0.05) is 121 Å². The molecule has 0 atom stereocenters. The molecular formula is C50H36N2O2. The van der Waals surface area contributed by atoms with Gasteiger partial charge in [-0.25, -0.2) is 0 Å². The number of pyridine rings is 2. The lowest BCUT2D eigenvalue weighted by Gasteiger charge is -2.21. The number of nitrogens with zero attached hydrogens (tertiary/aromatic N) is 2. The topological polar surface area (TPSA) is 44.0 Å². The Bertz CT molecular complexity index is 2970. The van der Waals surface area contributed by atoms with E-state index in [4.69, 9.17) is 0 Å². The van der Waals surface area contributed by atoms with Crippen LogP contribution >= 0.6 is 0 Å². The molecule has 0 spiro atoms. The molecule has 4 nitrogen and oxygen atoms in total. The summed E-state index contributed by atoms with van der Waals surface area (Å²) in [7, 11) is 0. The van der Waals surface area contributed by atoms with Crippen LogP contribution in [0.25, 0.3) is 82.9 Å². The summed E-state index contributed by atoms with van der Waals surface area (Å²) in [6, 6.07) is 55.0. The number of hydrogen-bond donors (Lipinski definition) is 0. The number of rotatable bonds is 7. The van der Waals surface area contributed by atoms with Crippen molar-refractivity contribution in [3.05, 3.63) is 208 Å². The highest BCUT2D eigenvalue weighted by Crippen LogP contribution is 2.37. The van der Waals surface area contributed by atoms with Crippen LogP contribution in [0.2, 0.25) is 0 Å². The van der Waals surface area contributed by atoms with Gasteiger partial charge in [0.05, 0.1) is 22.4 Å². The lowest BCUT2D eigenvalue weighted by molar-refractivity contribution is 1.04. The Morgan fingerprint density at radius 2 is 0.889 bits per heavy atom. The summed E-state index contributed by atoms with van der Waals surface area (Å²) >= 11 is 0. The van der Waals surface area contributed by atoms with Crippen LogP contribution in [0, 0.1) is 0 Å². The van der Waals surface area contributed by atoms with Gasteiger partial charge in [-0.2, -0.15) is 0 Å². The van der Waals surface area contributed by atoms with Gasteiger partial charge in [0.15, 0.2) is 0 Å². The van der Waals surface area contributed by atoms with Crippen molar-refractivity contribution in [1.29, 1.82) is 0 Å². The van der Waals surface area contributed by atoms with Crippen LogP contribution in [-0.4, -0.2) is 9.13 Å². The predicted molar refractivity (Wildman–Crippen MR) is 226 cm³/mol. The highest BCUT2D eigenvalue weighted by Gasteiger charge is 2.22. The van der Waals surface area contributed by atoms with E-state index in [2.05, 4.69) is 84.9 Å². The van der Waals surface area contributed by atoms with Gasteiger partial charge < -0.3 is 0 Å². The van der Waals surface area contributed by atoms with Gasteiger partial charge in [-0.15, -0.1) is 0 Å². The summed E-state index contributed by atoms with van der Waals surface area (Å²) in [6.07, 6.45) is 6.21. The maximum atomic E-state index is 14.8. The van der Waals surface area contributed by atoms with E-state index in [-0.39, 0.29) is 11.1 Å². The van der Waals surface area contributed by atoms with Gasteiger partial charge in [0.25, 0.3) is 11.1 Å². The molecule has 0 unspecified atom stereocenters. The molecule has 0 aliphatic carbocycles. The molecule has 2 aromatic heterocycles. The third-order valence-electron chi connectivity index (χ3n) is 10.3. The van der Waals surface area contributed by atoms with Crippen molar-refractivity contribution in [2.75, 3.05) is 0 Å². The lowest BCUT2D eigenvalue weighted by atomic mass is 9.96. The second kappa shape index (κ2) is 13.5. The maximum Gasteiger partial charge on any atom is 0.263 e. The van der Waals surface area contributed by atoms with E-state index in [0.29, 0.717) is 16.2 Å². The first-order valence-electron chi connectivity index (χ1n) is 18.2. The molecule has 9 aromatic rings. The first kappa shape index (κ1) is 32.8. The molecule has 0 saturated carbocycles. The molecule has 0 bridgehead atoms. The van der Waals surface area contributed by atoms with Crippen LogP contribution < -0.4 is 11.1 Å². The molecule has 0 amide bonds. The SMILES string of the molecule is C/C=C/C(=C\C)c1cc(-c2ccccc2)cc(-n2c(=O)c3cccc4c(=O)n(-c5cc(-c6ccccc6)cc(-c6ccccc6)c5)c5cccc2c5c34)c1. The molecule has 0 fully saturated rings. The van der Waals surface area contributed by atoms with Crippen molar-refractivity contribution in [3.63, 3.8) is 0 Å². The van der Waals surface area contributed by atoms with Gasteiger partial charge >= 0.3 is 0 Å². The zero-order valence-corrected chi connectivity index (χ0v) is 30.0. The fraction of sp³-hybridized carbons (Fsp3) is 0.0400. The van der Waals surface area contributed by atoms with Crippen molar-refractivity contribution < 1.29 is 0 Å². The van der Waals surface area contributed by atoms with Gasteiger partial charge in [0.1, 0.15) is 0 Å². The molecule has 9 rings (SSSR count). The van der Waals surface area contributed by atoms with E-state index < -0.39 is 0 Å². The van der Waals surface area contributed by atoms with E-state index in [1.807, 2.05) is 120 Å². The van der Waals surface area contributed by atoms with Gasteiger partial charge in [-0.3, -0.25) is 18.7 Å². The molecule has 0 N–H and O–H groups in total. The Balaban J connectivity index is 1.39. The Hall–Kier alpha value is -7.04. The van der Waals surface area contributed by atoms with E-state index in [1.54, 1.807) is 0 Å². The number of aromatic nitrogens is 2. The van der Waals surface area contributed by atoms with Crippen molar-refractivity contribution in [1.82, 2.24) is 9.13 Å². The van der Waals surface area contributed by atoms with E-state index >= 15 is 0 Å². The van der Waals surface area contributed by atoms with Crippen molar-refractivity contribution in [2.24, 2.45) is 0 Å². The molecule has 2 heterocycles. The zero-order valence-electron chi connectivity index (χ0n) is 30.0. The van der Waals surface area contributed by atoms with Crippen LogP contribution in [0.4, 0.5) is 0 Å². The number of hydrogen-bond acceptors (Lipinski definition) is 2. The number of benzene rings is 7. The fourth-order valence-electron chi connectivity index (χ4n) is 7.89. The summed E-state index contributed by atoms with van der Waals surface area (Å²) in [5.74, 6) is 0. The first-order chi connectivity index (χ1) is 26.5. The zero-order chi connectivity index (χ0) is 36.8. The minimum absolute atomic E-state index is 0.167. The molecule has 0 radical (unpaired) electrons. The smallest absolute Gasteiger partial charge is 0.263 e. The van der Waals surface area contributed by atoms with Crippen molar-refractivity contribution >= 4 is 38.2 Å². The van der Waals surface area contributed by atoms with Crippen molar-refractivity contribution in [2.45, 2.75) is 13.8 Å². The van der Waals surface area contributed by atoms with Gasteiger partial charge in [0.2, 0.25) is 0 Å². The highest BCUT2D eigenvalue weighted by atomic mass is 16.1. The minimum Gasteiger partial charge on any atom is -0.276 e. The van der Waals surface area contributed by atoms with Crippen LogP contribution in [0.3, 0.4) is 0 Å². The van der Waals surface area contributed by atoms with Crippen molar-refractivity contribution in [3.8, 4) is 44.8 Å². The first-order valence-corrected chi connectivity index (χ1v) is 18.2. The summed E-state index contributed by atoms with van der Waals surface area (Å²) < 4.78 is 3.65. The minimum atomic E-state index is -0.167. The van der Waals surface area contributed by atoms with Crippen LogP contribution in [-0.2, 0) is 0 Å². The quantitative estimate of drug-likeness (QED) is 0.123. The van der Waals surface area contributed by atoms with E-state index in [9.17, 15) is 9.59 Å². The maximum absolute atomic E-state index is 14.8. The Labute approximate surface area is 313 Å². The standard InChI is InChI=1S/C50H36N2O2/c1-3-16-33(4-2)37-27-38(34-17-8-5-9-18-34)30-41(29-37)51-45-25-15-26-46-48(45)47-43(49(51)53)23-14-24-44(47)50(54)52(46)42-31-39(35-19-10-6-11-20-35)28-40(32-42)36-21-12-7-13-22-36/h3-32H,1-2H3/b16-3+,33-4+. The van der Waals surface area contributed by atoms with Gasteiger partial charge in [-0.05, 0) is 119 Å². The Morgan fingerprint density at radius 1 is 0.444 bits per heavy atom. The largest absolute Gasteiger partial charge is 0.276 e. The summed E-state index contributed by atoms with van der Waals surface area (Å²) in [5, 5.41) is 2.57. The molecule has 54 heavy (non-hydrogen) atoms. The normalized spacial score (nSPS) is 12.1. The molecule has 4 heteroatoms. The monoisotopic (exact) mass is 696 g/mol. The molecule has 0 aliphatic heterocycles. The van der Waals surface area contributed by atoms with Gasteiger partial charge in [0, 0.05) is 21.5 Å². The predicted octanol–water partition coefficient (Wildman–Crippen LogP) is 11.9. The molecular weight excluding hydrogens is 661 g/mol. The fourth-order valence-corrected chi connectivity index (χ4v) is 7.89. The second-order valence-corrected chi connectivity index (χ2v) is 13.6. The molecule has 7 aromatic carbocycles. The second-order valence-electron chi connectivity index (χ2n) is 13.6. The molecule has 0 saturated heterocycles. The molecule has 0 aliphatic rings. The third kappa shape index (κ3) is 5.48. The van der Waals surface area contributed by atoms with Crippen LogP contribution in [0.15, 0.2) is 192 Å². The third-order valence-corrected chi connectivity index (χ3v) is 10.3. The summed E-state index contributed by atoms with van der Waals surface area (Å²) in [4.78, 5) is 29.7. The van der Waals surface area contributed by atoms with Crippen LogP contribution in [0.1, 0.15) is 19.4 Å². The summed E-state index contributed by atoms with van der Waals surface area (Å²) in [6.45, 7) is 4.04. The highest BCUT2D eigenvalue weighted by molar-refractivity contribution is 6.21. The van der Waals surface area contributed by atoms with E-state index in [1.165, 1.54) is 0 Å². The summed E-state index contributed by atoms with van der Waals surface area (Å²) in [5.41, 5.74) is 10.9. The van der Waals surface area contributed by atoms with E-state index in [0.717, 1.165) is 72.3 Å². The Kier molecular flexibility index (Phi) is 8.21. The number of allylic oxidation sites excluding steroid dienone is 4. The average molecular weight is 697 g/mol. The molecule has 258 valence electrons. The lowest BCUT2D eigenvalue weighted by Crippen LogP contribution is -2.24. The van der Waals surface area contributed by atoms with Crippen LogP contribution in [0.5, 0.6) is 0 Å². The average Bonchev–Trinajstić information content (AvgIpc) is 3.23. The Morgan fingerprint density at radius 3 is 1.35 bits per heavy atom.